The molecule has 0 fully saturated rings. The Morgan fingerprint density at radius 3 is 2.19 bits per heavy atom. The highest BCUT2D eigenvalue weighted by Gasteiger charge is 2.21. The Morgan fingerprint density at radius 2 is 1.58 bits per heavy atom. The first-order valence-corrected chi connectivity index (χ1v) is 8.61. The maximum Gasteiger partial charge on any atom is 0.265 e. The number of nitrogens with one attached hydrogen (secondary N) is 2. The molecule has 1 unspecified atom stereocenters. The number of para-hydroxylation sites is 1. The van der Waals surface area contributed by atoms with E-state index in [1.54, 1.807) is 31.2 Å². The van der Waals surface area contributed by atoms with Crippen molar-refractivity contribution in [2.45, 2.75) is 40.7 Å². The van der Waals surface area contributed by atoms with Crippen LogP contribution in [0.4, 0.5) is 11.4 Å². The minimum atomic E-state index is -0.649. The summed E-state index contributed by atoms with van der Waals surface area (Å²) in [5.74, 6) is 0.339. The Bertz CT molecular complexity index is 794. The first-order valence-electron chi connectivity index (χ1n) is 8.61. The van der Waals surface area contributed by atoms with E-state index in [4.69, 9.17) is 4.74 Å². The minimum absolute atomic E-state index is 0.0859. The van der Waals surface area contributed by atoms with E-state index >= 15 is 0 Å². The lowest BCUT2D eigenvalue weighted by molar-refractivity contribution is -0.123. The number of anilines is 2. The Kier molecular flexibility index (Phi) is 6.03. The van der Waals surface area contributed by atoms with Gasteiger partial charge >= 0.3 is 0 Å². The normalized spacial score (nSPS) is 12.2. The zero-order chi connectivity index (χ0) is 19.3. The molecule has 5 heteroatoms. The van der Waals surface area contributed by atoms with E-state index in [9.17, 15) is 9.59 Å². The second kappa shape index (κ2) is 8.04. The molecule has 0 aliphatic heterocycles. The summed E-state index contributed by atoms with van der Waals surface area (Å²) in [4.78, 5) is 24.5. The first kappa shape index (κ1) is 19.5. The van der Waals surface area contributed by atoms with Crippen LogP contribution in [0, 0.1) is 12.3 Å². The molecule has 5 nitrogen and oxygen atoms in total. The Balaban J connectivity index is 2.01. The molecular weight excluding hydrogens is 328 g/mol. The molecule has 2 N–H and O–H groups in total. The van der Waals surface area contributed by atoms with Gasteiger partial charge in [0.15, 0.2) is 6.10 Å². The highest BCUT2D eigenvalue weighted by Crippen LogP contribution is 2.21. The van der Waals surface area contributed by atoms with Crippen LogP contribution >= 0.6 is 0 Å². The molecule has 1 atom stereocenters. The number of carbonyl (C=O) groups excluding carboxylic acids is 2. The van der Waals surface area contributed by atoms with Gasteiger partial charge in [-0.2, -0.15) is 0 Å². The zero-order valence-electron chi connectivity index (χ0n) is 15.9. The standard InChI is InChI=1S/C21H26N2O3/c1-14-9-6-7-12-18(14)26-15(2)19(24)22-16-10-8-11-17(13-16)23-20(25)21(3,4)5/h6-13,15H,1-5H3,(H,22,24)(H,23,25). The van der Waals surface area contributed by atoms with Gasteiger partial charge in [-0.1, -0.05) is 45.0 Å². The van der Waals surface area contributed by atoms with Crippen LogP contribution in [-0.2, 0) is 9.59 Å². The minimum Gasteiger partial charge on any atom is -0.481 e. The summed E-state index contributed by atoms with van der Waals surface area (Å²) in [5.41, 5.74) is 1.71. The largest absolute Gasteiger partial charge is 0.481 e. The maximum absolute atomic E-state index is 12.4. The molecule has 2 rings (SSSR count). The summed E-state index contributed by atoms with van der Waals surface area (Å²) in [5, 5.41) is 5.67. The third kappa shape index (κ3) is 5.34. The number of ether oxygens (including phenoxy) is 1. The predicted molar refractivity (Wildman–Crippen MR) is 104 cm³/mol. The molecule has 138 valence electrons. The van der Waals surface area contributed by atoms with Gasteiger partial charge in [-0.25, -0.2) is 0 Å². The van der Waals surface area contributed by atoms with Crippen LogP contribution in [0.3, 0.4) is 0 Å². The van der Waals surface area contributed by atoms with Gasteiger partial charge in [0, 0.05) is 16.8 Å². The number of rotatable bonds is 5. The third-order valence-electron chi connectivity index (χ3n) is 3.84. The van der Waals surface area contributed by atoms with Crippen molar-refractivity contribution in [1.82, 2.24) is 0 Å². The molecular formula is C21H26N2O3. The van der Waals surface area contributed by atoms with Crippen molar-refractivity contribution in [3.8, 4) is 5.75 Å². The molecule has 0 bridgehead atoms. The third-order valence-corrected chi connectivity index (χ3v) is 3.84. The molecule has 2 aromatic carbocycles. The Morgan fingerprint density at radius 1 is 0.962 bits per heavy atom. The summed E-state index contributed by atoms with van der Waals surface area (Å²) in [6.07, 6.45) is -0.649. The lowest BCUT2D eigenvalue weighted by Crippen LogP contribution is -2.30. The predicted octanol–water partition coefficient (Wildman–Crippen LogP) is 4.39. The van der Waals surface area contributed by atoms with Crippen molar-refractivity contribution in [2.75, 3.05) is 10.6 Å². The van der Waals surface area contributed by atoms with Crippen molar-refractivity contribution < 1.29 is 14.3 Å². The van der Waals surface area contributed by atoms with E-state index in [0.29, 0.717) is 17.1 Å². The first-order chi connectivity index (χ1) is 12.2. The quantitative estimate of drug-likeness (QED) is 0.837. The zero-order valence-corrected chi connectivity index (χ0v) is 15.9. The SMILES string of the molecule is Cc1ccccc1OC(C)C(=O)Nc1cccc(NC(=O)C(C)(C)C)c1. The van der Waals surface area contributed by atoms with E-state index in [-0.39, 0.29) is 11.8 Å². The number of hydrogen-bond donors (Lipinski definition) is 2. The van der Waals surface area contributed by atoms with Gasteiger partial charge in [0.05, 0.1) is 0 Å². The molecule has 0 saturated heterocycles. The van der Waals surface area contributed by atoms with Gasteiger partial charge in [0.1, 0.15) is 5.75 Å². The molecule has 0 spiro atoms. The number of aryl methyl sites for hydroxylation is 1. The molecule has 0 aliphatic carbocycles. The van der Waals surface area contributed by atoms with Crippen molar-refractivity contribution >= 4 is 23.2 Å². The smallest absolute Gasteiger partial charge is 0.265 e. The average molecular weight is 354 g/mol. The van der Waals surface area contributed by atoms with Gasteiger partial charge in [-0.05, 0) is 43.7 Å². The van der Waals surface area contributed by atoms with Crippen LogP contribution in [0.2, 0.25) is 0 Å². The van der Waals surface area contributed by atoms with E-state index in [2.05, 4.69) is 10.6 Å². The van der Waals surface area contributed by atoms with E-state index < -0.39 is 11.5 Å². The lowest BCUT2D eigenvalue weighted by atomic mass is 9.95. The van der Waals surface area contributed by atoms with Gasteiger partial charge < -0.3 is 15.4 Å². The number of benzene rings is 2. The fraction of sp³-hybridized carbons (Fsp3) is 0.333. The van der Waals surface area contributed by atoms with Gasteiger partial charge in [0.2, 0.25) is 5.91 Å². The van der Waals surface area contributed by atoms with E-state index in [1.165, 1.54) is 0 Å². The maximum atomic E-state index is 12.4. The lowest BCUT2D eigenvalue weighted by Gasteiger charge is -2.19. The van der Waals surface area contributed by atoms with Crippen LogP contribution < -0.4 is 15.4 Å². The van der Waals surface area contributed by atoms with Crippen LogP contribution in [-0.4, -0.2) is 17.9 Å². The van der Waals surface area contributed by atoms with Crippen LogP contribution in [0.15, 0.2) is 48.5 Å². The van der Waals surface area contributed by atoms with Crippen molar-refractivity contribution in [2.24, 2.45) is 5.41 Å². The summed E-state index contributed by atoms with van der Waals surface area (Å²) < 4.78 is 5.74. The highest BCUT2D eigenvalue weighted by molar-refractivity contribution is 5.97. The fourth-order valence-electron chi connectivity index (χ4n) is 2.17. The second-order valence-electron chi connectivity index (χ2n) is 7.30. The molecule has 2 amide bonds. The molecule has 0 radical (unpaired) electrons. The second-order valence-corrected chi connectivity index (χ2v) is 7.30. The number of amides is 2. The summed E-state index contributed by atoms with van der Waals surface area (Å²) in [6, 6.07) is 14.6. The Hall–Kier alpha value is -2.82. The topological polar surface area (TPSA) is 67.4 Å². The molecule has 0 aliphatic rings. The van der Waals surface area contributed by atoms with E-state index in [0.717, 1.165) is 5.56 Å². The van der Waals surface area contributed by atoms with Crippen LogP contribution in [0.1, 0.15) is 33.3 Å². The highest BCUT2D eigenvalue weighted by atomic mass is 16.5. The fourth-order valence-corrected chi connectivity index (χ4v) is 2.17. The molecule has 0 saturated carbocycles. The molecule has 2 aromatic rings. The average Bonchev–Trinajstić information content (AvgIpc) is 2.56. The summed E-state index contributed by atoms with van der Waals surface area (Å²) >= 11 is 0. The monoisotopic (exact) mass is 354 g/mol. The number of carbonyl (C=O) groups is 2. The van der Waals surface area contributed by atoms with Gasteiger partial charge in [-0.15, -0.1) is 0 Å². The molecule has 0 aromatic heterocycles. The van der Waals surface area contributed by atoms with Crippen LogP contribution in [0.5, 0.6) is 5.75 Å². The van der Waals surface area contributed by atoms with Gasteiger partial charge in [0.25, 0.3) is 5.91 Å². The van der Waals surface area contributed by atoms with E-state index in [1.807, 2.05) is 52.0 Å². The molecule has 0 heterocycles. The van der Waals surface area contributed by atoms with Gasteiger partial charge in [-0.3, -0.25) is 9.59 Å². The van der Waals surface area contributed by atoms with Crippen molar-refractivity contribution in [1.29, 1.82) is 0 Å². The van der Waals surface area contributed by atoms with Crippen molar-refractivity contribution in [3.63, 3.8) is 0 Å². The summed E-state index contributed by atoms with van der Waals surface area (Å²) in [6.45, 7) is 9.17. The Labute approximate surface area is 154 Å². The number of hydrogen-bond acceptors (Lipinski definition) is 3. The summed E-state index contributed by atoms with van der Waals surface area (Å²) in [7, 11) is 0. The van der Waals surface area contributed by atoms with Crippen molar-refractivity contribution in [3.05, 3.63) is 54.1 Å². The van der Waals surface area contributed by atoms with Crippen LogP contribution in [0.25, 0.3) is 0 Å². The molecule has 26 heavy (non-hydrogen) atoms.